The van der Waals surface area contributed by atoms with Crippen LogP contribution < -0.4 is 5.32 Å². The van der Waals surface area contributed by atoms with Gasteiger partial charge in [0, 0.05) is 20.0 Å². The quantitative estimate of drug-likeness (QED) is 0.778. The van der Waals surface area contributed by atoms with E-state index >= 15 is 0 Å². The fraction of sp³-hybridized carbons (Fsp3) is 0.857. The Morgan fingerprint density at radius 2 is 2.05 bits per heavy atom. The molecule has 0 aromatic carbocycles. The Labute approximate surface area is 120 Å². The van der Waals surface area contributed by atoms with Crippen molar-refractivity contribution in [2.45, 2.75) is 37.8 Å². The first kappa shape index (κ1) is 15.3. The number of nitrogens with zero attached hydrogens (tertiary/aromatic N) is 2. The SMILES string of the molecule is CCCCC(=O)N1CC2(C1)CN(C)C(C(=O)NC)CO2. The Hall–Kier alpha value is -1.14. The van der Waals surface area contributed by atoms with E-state index in [9.17, 15) is 9.59 Å². The van der Waals surface area contributed by atoms with Gasteiger partial charge in [-0.2, -0.15) is 0 Å². The fourth-order valence-electron chi connectivity index (χ4n) is 2.94. The summed E-state index contributed by atoms with van der Waals surface area (Å²) >= 11 is 0. The molecule has 2 saturated heterocycles. The molecule has 1 spiro atoms. The van der Waals surface area contributed by atoms with E-state index in [0.29, 0.717) is 32.7 Å². The molecule has 1 unspecified atom stereocenters. The minimum atomic E-state index is -0.263. The molecule has 2 aliphatic heterocycles. The highest BCUT2D eigenvalue weighted by Gasteiger charge is 2.50. The number of likely N-dealkylation sites (tertiary alicyclic amines) is 1. The zero-order valence-electron chi connectivity index (χ0n) is 12.6. The molecule has 20 heavy (non-hydrogen) atoms. The molecule has 0 radical (unpaired) electrons. The Bertz CT molecular complexity index is 380. The van der Waals surface area contributed by atoms with Gasteiger partial charge in [-0.15, -0.1) is 0 Å². The van der Waals surface area contributed by atoms with Gasteiger partial charge in [0.05, 0.1) is 19.7 Å². The summed E-state index contributed by atoms with van der Waals surface area (Å²) in [4.78, 5) is 27.5. The topological polar surface area (TPSA) is 61.9 Å². The average Bonchev–Trinajstić information content (AvgIpc) is 2.41. The molecular weight excluding hydrogens is 258 g/mol. The zero-order chi connectivity index (χ0) is 14.8. The predicted molar refractivity (Wildman–Crippen MR) is 75.3 cm³/mol. The first-order chi connectivity index (χ1) is 9.51. The number of carbonyl (C=O) groups excluding carboxylic acids is 2. The minimum Gasteiger partial charge on any atom is -0.368 e. The summed E-state index contributed by atoms with van der Waals surface area (Å²) in [6.07, 6.45) is 2.61. The average molecular weight is 283 g/mol. The molecule has 2 rings (SSSR count). The summed E-state index contributed by atoms with van der Waals surface area (Å²) in [6, 6.07) is -0.226. The van der Waals surface area contributed by atoms with Gasteiger partial charge >= 0.3 is 0 Å². The largest absolute Gasteiger partial charge is 0.368 e. The third-order valence-electron chi connectivity index (χ3n) is 4.22. The second-order valence-corrected chi connectivity index (χ2v) is 5.89. The van der Waals surface area contributed by atoms with Crippen molar-refractivity contribution in [3.8, 4) is 0 Å². The minimum absolute atomic E-state index is 0.0162. The Morgan fingerprint density at radius 1 is 1.35 bits per heavy atom. The van der Waals surface area contributed by atoms with Crippen molar-refractivity contribution in [3.05, 3.63) is 0 Å². The van der Waals surface area contributed by atoms with Crippen LogP contribution in [0.5, 0.6) is 0 Å². The lowest BCUT2D eigenvalue weighted by Crippen LogP contribution is -2.73. The van der Waals surface area contributed by atoms with Gasteiger partial charge in [-0.25, -0.2) is 0 Å². The van der Waals surface area contributed by atoms with E-state index in [1.54, 1.807) is 7.05 Å². The number of carbonyl (C=O) groups is 2. The number of morpholine rings is 1. The summed E-state index contributed by atoms with van der Waals surface area (Å²) in [5, 5.41) is 2.65. The third kappa shape index (κ3) is 2.96. The standard InChI is InChI=1S/C14H25N3O3/c1-4-5-6-12(18)17-9-14(10-17)8-16(3)11(7-20-14)13(19)15-2/h11H,4-10H2,1-3H3,(H,15,19). The van der Waals surface area contributed by atoms with Gasteiger partial charge in [-0.3, -0.25) is 14.5 Å². The first-order valence-corrected chi connectivity index (χ1v) is 7.35. The third-order valence-corrected chi connectivity index (χ3v) is 4.22. The van der Waals surface area contributed by atoms with E-state index in [1.807, 2.05) is 16.8 Å². The Balaban J connectivity index is 1.83. The number of ether oxygens (including phenoxy) is 1. The number of likely N-dealkylation sites (N-methyl/N-ethyl adjacent to an activating group) is 2. The van der Waals surface area contributed by atoms with Gasteiger partial charge in [-0.1, -0.05) is 13.3 Å². The second kappa shape index (κ2) is 6.10. The van der Waals surface area contributed by atoms with Crippen molar-refractivity contribution < 1.29 is 14.3 Å². The lowest BCUT2D eigenvalue weighted by atomic mass is 9.90. The second-order valence-electron chi connectivity index (χ2n) is 5.89. The summed E-state index contributed by atoms with van der Waals surface area (Å²) in [5.74, 6) is 0.203. The highest BCUT2D eigenvalue weighted by molar-refractivity contribution is 5.81. The molecule has 114 valence electrons. The van der Waals surface area contributed by atoms with E-state index in [0.717, 1.165) is 12.8 Å². The molecule has 0 bridgehead atoms. The lowest BCUT2D eigenvalue weighted by Gasteiger charge is -2.54. The summed E-state index contributed by atoms with van der Waals surface area (Å²) in [5.41, 5.74) is -0.263. The number of rotatable bonds is 4. The van der Waals surface area contributed by atoms with E-state index in [1.165, 1.54) is 0 Å². The molecule has 2 fully saturated rings. The molecule has 0 aliphatic carbocycles. The maximum absolute atomic E-state index is 11.9. The normalized spacial score (nSPS) is 25.4. The number of unbranched alkanes of at least 4 members (excludes halogenated alkanes) is 1. The van der Waals surface area contributed by atoms with Crippen LogP contribution in [0.1, 0.15) is 26.2 Å². The van der Waals surface area contributed by atoms with Crippen LogP contribution in [0.2, 0.25) is 0 Å². The molecule has 2 heterocycles. The summed E-state index contributed by atoms with van der Waals surface area (Å²) in [6.45, 7) is 4.49. The molecule has 1 atom stereocenters. The van der Waals surface area contributed by atoms with Gasteiger partial charge in [-0.05, 0) is 13.5 Å². The Morgan fingerprint density at radius 3 is 2.60 bits per heavy atom. The van der Waals surface area contributed by atoms with Gasteiger partial charge in [0.2, 0.25) is 11.8 Å². The molecular formula is C14H25N3O3. The Kier molecular flexibility index (Phi) is 4.65. The number of hydrogen-bond donors (Lipinski definition) is 1. The lowest BCUT2D eigenvalue weighted by molar-refractivity contribution is -0.201. The van der Waals surface area contributed by atoms with Crippen LogP contribution >= 0.6 is 0 Å². The maximum atomic E-state index is 11.9. The van der Waals surface area contributed by atoms with Crippen molar-refractivity contribution in [1.29, 1.82) is 0 Å². The van der Waals surface area contributed by atoms with Gasteiger partial charge in [0.1, 0.15) is 11.6 Å². The van der Waals surface area contributed by atoms with Crippen molar-refractivity contribution in [3.63, 3.8) is 0 Å². The van der Waals surface area contributed by atoms with Crippen molar-refractivity contribution in [2.24, 2.45) is 0 Å². The molecule has 6 heteroatoms. The van der Waals surface area contributed by atoms with E-state index in [4.69, 9.17) is 4.74 Å². The van der Waals surface area contributed by atoms with Gasteiger partial charge < -0.3 is 15.0 Å². The van der Waals surface area contributed by atoms with E-state index in [2.05, 4.69) is 12.2 Å². The molecule has 6 nitrogen and oxygen atoms in total. The van der Waals surface area contributed by atoms with Crippen LogP contribution in [-0.2, 0) is 14.3 Å². The predicted octanol–water partition coefficient (Wildman–Crippen LogP) is -0.166. The van der Waals surface area contributed by atoms with Gasteiger partial charge in [0.15, 0.2) is 0 Å². The van der Waals surface area contributed by atoms with Crippen LogP contribution in [0.3, 0.4) is 0 Å². The molecule has 0 aromatic rings. The van der Waals surface area contributed by atoms with Crippen molar-refractivity contribution in [2.75, 3.05) is 40.3 Å². The van der Waals surface area contributed by atoms with E-state index in [-0.39, 0.29) is 23.5 Å². The highest BCUT2D eigenvalue weighted by Crippen LogP contribution is 2.31. The van der Waals surface area contributed by atoms with Crippen molar-refractivity contribution >= 4 is 11.8 Å². The first-order valence-electron chi connectivity index (χ1n) is 7.35. The van der Waals surface area contributed by atoms with Gasteiger partial charge in [0.25, 0.3) is 0 Å². The van der Waals surface area contributed by atoms with Crippen LogP contribution in [0, 0.1) is 0 Å². The van der Waals surface area contributed by atoms with E-state index < -0.39 is 0 Å². The van der Waals surface area contributed by atoms with Crippen molar-refractivity contribution in [1.82, 2.24) is 15.1 Å². The van der Waals surface area contributed by atoms with Crippen LogP contribution in [0.15, 0.2) is 0 Å². The summed E-state index contributed by atoms with van der Waals surface area (Å²) in [7, 11) is 3.57. The molecule has 2 aliphatic rings. The zero-order valence-corrected chi connectivity index (χ0v) is 12.6. The molecule has 0 saturated carbocycles. The number of nitrogens with one attached hydrogen (secondary N) is 1. The monoisotopic (exact) mass is 283 g/mol. The number of hydrogen-bond acceptors (Lipinski definition) is 4. The highest BCUT2D eigenvalue weighted by atomic mass is 16.5. The maximum Gasteiger partial charge on any atom is 0.239 e. The fourth-order valence-corrected chi connectivity index (χ4v) is 2.94. The smallest absolute Gasteiger partial charge is 0.239 e. The van der Waals surface area contributed by atoms with Crippen LogP contribution in [0.4, 0.5) is 0 Å². The molecule has 2 amide bonds. The molecule has 0 aromatic heterocycles. The summed E-state index contributed by atoms with van der Waals surface area (Å²) < 4.78 is 5.90. The molecule has 1 N–H and O–H groups in total. The van der Waals surface area contributed by atoms with Crippen LogP contribution in [-0.4, -0.2) is 73.6 Å². The number of amides is 2. The van der Waals surface area contributed by atoms with Crippen LogP contribution in [0.25, 0.3) is 0 Å².